The van der Waals surface area contributed by atoms with Gasteiger partial charge in [0, 0.05) is 29.4 Å². The molecule has 0 saturated carbocycles. The third kappa shape index (κ3) is 3.31. The maximum Gasteiger partial charge on any atom is 0.354 e. The smallest absolute Gasteiger partial charge is 0.354 e. The Labute approximate surface area is 156 Å². The topological polar surface area (TPSA) is 67.5 Å². The van der Waals surface area contributed by atoms with Crippen molar-refractivity contribution >= 4 is 11.5 Å². The molecule has 0 spiro atoms. The Morgan fingerprint density at radius 1 is 1.00 bits per heavy atom. The fourth-order valence-corrected chi connectivity index (χ4v) is 3.20. The van der Waals surface area contributed by atoms with E-state index in [-0.39, 0.29) is 5.69 Å². The molecule has 0 amide bonds. The fraction of sp³-hybridized carbons (Fsp3) is 0.136. The van der Waals surface area contributed by atoms with Crippen molar-refractivity contribution < 1.29 is 9.90 Å². The molecule has 5 nitrogen and oxygen atoms in total. The van der Waals surface area contributed by atoms with Gasteiger partial charge in [0.25, 0.3) is 0 Å². The summed E-state index contributed by atoms with van der Waals surface area (Å²) in [5, 5.41) is 14.0. The van der Waals surface area contributed by atoms with Crippen molar-refractivity contribution in [3.63, 3.8) is 0 Å². The number of pyridine rings is 2. The predicted octanol–water partition coefficient (Wildman–Crippen LogP) is 4.30. The standard InChI is InChI=1S/C22H19N3O2/c1-14-6-9-16(10-7-14)21-18(20-11-8-15(2)13-25(20)24-21)12-17-4-3-5-19(23-17)22(26)27/h3-11,13H,12H2,1-2H3,(H,26,27). The first-order valence-electron chi connectivity index (χ1n) is 8.75. The van der Waals surface area contributed by atoms with Gasteiger partial charge in [-0.15, -0.1) is 0 Å². The third-order valence-corrected chi connectivity index (χ3v) is 4.59. The number of hydrogen-bond donors (Lipinski definition) is 1. The molecule has 1 aromatic carbocycles. The molecule has 4 rings (SSSR count). The number of carboxylic acids is 1. The SMILES string of the molecule is Cc1ccc(-c2nn3cc(C)ccc3c2Cc2cccc(C(=O)O)n2)cc1. The van der Waals surface area contributed by atoms with Crippen LogP contribution in [0, 0.1) is 13.8 Å². The minimum absolute atomic E-state index is 0.0525. The van der Waals surface area contributed by atoms with Gasteiger partial charge in [0.05, 0.1) is 11.2 Å². The van der Waals surface area contributed by atoms with Crippen LogP contribution in [0.3, 0.4) is 0 Å². The Hall–Kier alpha value is -3.47. The quantitative estimate of drug-likeness (QED) is 0.591. The van der Waals surface area contributed by atoms with Crippen molar-refractivity contribution in [2.45, 2.75) is 20.3 Å². The Kier molecular flexibility index (Phi) is 4.20. The van der Waals surface area contributed by atoms with Crippen LogP contribution < -0.4 is 0 Å². The first-order chi connectivity index (χ1) is 13.0. The molecule has 0 radical (unpaired) electrons. The maximum atomic E-state index is 11.2. The van der Waals surface area contributed by atoms with Crippen molar-refractivity contribution in [2.24, 2.45) is 0 Å². The van der Waals surface area contributed by atoms with Crippen molar-refractivity contribution in [3.05, 3.63) is 88.9 Å². The highest BCUT2D eigenvalue weighted by Crippen LogP contribution is 2.28. The van der Waals surface area contributed by atoms with Gasteiger partial charge >= 0.3 is 5.97 Å². The van der Waals surface area contributed by atoms with E-state index in [9.17, 15) is 9.90 Å². The summed E-state index contributed by atoms with van der Waals surface area (Å²) in [6, 6.07) is 17.5. The number of aromatic nitrogens is 3. The molecule has 0 unspecified atom stereocenters. The monoisotopic (exact) mass is 357 g/mol. The zero-order valence-corrected chi connectivity index (χ0v) is 15.2. The van der Waals surface area contributed by atoms with Gasteiger partial charge in [0.1, 0.15) is 5.69 Å². The van der Waals surface area contributed by atoms with Gasteiger partial charge in [0.2, 0.25) is 0 Å². The Morgan fingerprint density at radius 2 is 1.74 bits per heavy atom. The summed E-state index contributed by atoms with van der Waals surface area (Å²) < 4.78 is 1.89. The summed E-state index contributed by atoms with van der Waals surface area (Å²) in [7, 11) is 0. The zero-order valence-electron chi connectivity index (χ0n) is 15.2. The third-order valence-electron chi connectivity index (χ3n) is 4.59. The maximum absolute atomic E-state index is 11.2. The van der Waals surface area contributed by atoms with Gasteiger partial charge < -0.3 is 5.11 Å². The summed E-state index contributed by atoms with van der Waals surface area (Å²) >= 11 is 0. The van der Waals surface area contributed by atoms with Gasteiger partial charge in [-0.05, 0) is 37.6 Å². The van der Waals surface area contributed by atoms with Crippen LogP contribution in [0.15, 0.2) is 60.8 Å². The largest absolute Gasteiger partial charge is 0.477 e. The summed E-state index contributed by atoms with van der Waals surface area (Å²) in [6.45, 7) is 4.09. The number of benzene rings is 1. The number of rotatable bonds is 4. The molecular weight excluding hydrogens is 338 g/mol. The van der Waals surface area contributed by atoms with E-state index in [1.165, 1.54) is 11.6 Å². The molecule has 0 atom stereocenters. The number of carbonyl (C=O) groups is 1. The molecular formula is C22H19N3O2. The van der Waals surface area contributed by atoms with E-state index in [0.29, 0.717) is 12.1 Å². The molecule has 0 aliphatic carbocycles. The van der Waals surface area contributed by atoms with Gasteiger partial charge in [-0.1, -0.05) is 42.0 Å². The van der Waals surface area contributed by atoms with Crippen LogP contribution in [0.2, 0.25) is 0 Å². The molecule has 134 valence electrons. The van der Waals surface area contributed by atoms with E-state index in [1.807, 2.05) is 23.7 Å². The number of hydrogen-bond acceptors (Lipinski definition) is 3. The van der Waals surface area contributed by atoms with Crippen LogP contribution in [0.1, 0.15) is 32.9 Å². The normalized spacial score (nSPS) is 11.0. The molecule has 4 aromatic rings. The minimum Gasteiger partial charge on any atom is -0.477 e. The first kappa shape index (κ1) is 17.0. The van der Waals surface area contributed by atoms with Crippen LogP contribution in [-0.2, 0) is 6.42 Å². The highest BCUT2D eigenvalue weighted by molar-refractivity contribution is 5.85. The van der Waals surface area contributed by atoms with E-state index in [2.05, 4.69) is 48.3 Å². The zero-order chi connectivity index (χ0) is 19.0. The second kappa shape index (κ2) is 6.68. The average Bonchev–Trinajstić information content (AvgIpc) is 3.00. The number of carboxylic acid groups (broad SMARTS) is 1. The summed E-state index contributed by atoms with van der Waals surface area (Å²) in [5.41, 5.74) is 7.03. The van der Waals surface area contributed by atoms with Crippen LogP contribution in [-0.4, -0.2) is 25.7 Å². The number of aryl methyl sites for hydroxylation is 2. The van der Waals surface area contributed by atoms with E-state index in [0.717, 1.165) is 27.9 Å². The summed E-state index contributed by atoms with van der Waals surface area (Å²) in [4.78, 5) is 15.5. The molecule has 0 aliphatic rings. The van der Waals surface area contributed by atoms with Crippen LogP contribution >= 0.6 is 0 Å². The molecule has 0 fully saturated rings. The fourth-order valence-electron chi connectivity index (χ4n) is 3.20. The van der Waals surface area contributed by atoms with Gasteiger partial charge in [-0.3, -0.25) is 0 Å². The van der Waals surface area contributed by atoms with Gasteiger partial charge in [-0.2, -0.15) is 5.10 Å². The Balaban J connectivity index is 1.87. The summed E-state index contributed by atoms with van der Waals surface area (Å²) in [6.07, 6.45) is 2.51. The van der Waals surface area contributed by atoms with E-state index >= 15 is 0 Å². The van der Waals surface area contributed by atoms with Crippen molar-refractivity contribution in [3.8, 4) is 11.3 Å². The lowest BCUT2D eigenvalue weighted by Gasteiger charge is -2.05. The highest BCUT2D eigenvalue weighted by atomic mass is 16.4. The lowest BCUT2D eigenvalue weighted by atomic mass is 10.0. The van der Waals surface area contributed by atoms with E-state index < -0.39 is 5.97 Å². The average molecular weight is 357 g/mol. The van der Waals surface area contributed by atoms with Crippen molar-refractivity contribution in [1.29, 1.82) is 0 Å². The molecule has 0 aliphatic heterocycles. The molecule has 1 N–H and O–H groups in total. The first-order valence-corrected chi connectivity index (χ1v) is 8.75. The second-order valence-electron chi connectivity index (χ2n) is 6.73. The molecule has 3 aromatic heterocycles. The lowest BCUT2D eigenvalue weighted by molar-refractivity contribution is 0.0690. The summed E-state index contributed by atoms with van der Waals surface area (Å²) in [5.74, 6) is -1.02. The number of fused-ring (bicyclic) bond motifs is 1. The molecule has 0 saturated heterocycles. The number of aromatic carboxylic acids is 1. The predicted molar refractivity (Wildman–Crippen MR) is 104 cm³/mol. The van der Waals surface area contributed by atoms with Crippen LogP contribution in [0.4, 0.5) is 0 Å². The van der Waals surface area contributed by atoms with Crippen molar-refractivity contribution in [1.82, 2.24) is 14.6 Å². The van der Waals surface area contributed by atoms with E-state index in [1.54, 1.807) is 6.07 Å². The van der Waals surface area contributed by atoms with Crippen molar-refractivity contribution in [2.75, 3.05) is 0 Å². The van der Waals surface area contributed by atoms with Gasteiger partial charge in [-0.25, -0.2) is 14.3 Å². The number of nitrogens with zero attached hydrogens (tertiary/aromatic N) is 3. The second-order valence-corrected chi connectivity index (χ2v) is 6.73. The molecule has 27 heavy (non-hydrogen) atoms. The lowest BCUT2D eigenvalue weighted by Crippen LogP contribution is -2.03. The molecule has 5 heteroatoms. The van der Waals surface area contributed by atoms with Crippen LogP contribution in [0.5, 0.6) is 0 Å². The Morgan fingerprint density at radius 3 is 2.48 bits per heavy atom. The molecule has 0 bridgehead atoms. The molecule has 3 heterocycles. The highest BCUT2D eigenvalue weighted by Gasteiger charge is 2.16. The van der Waals surface area contributed by atoms with Crippen LogP contribution in [0.25, 0.3) is 16.8 Å². The minimum atomic E-state index is -1.02. The Bertz CT molecular complexity index is 1140. The van der Waals surface area contributed by atoms with Gasteiger partial charge in [0.15, 0.2) is 0 Å². The van der Waals surface area contributed by atoms with E-state index in [4.69, 9.17) is 5.10 Å².